The van der Waals surface area contributed by atoms with Crippen molar-refractivity contribution in [2.45, 2.75) is 38.8 Å². The van der Waals surface area contributed by atoms with Crippen LogP contribution in [-0.4, -0.2) is 15.1 Å². The van der Waals surface area contributed by atoms with Crippen molar-refractivity contribution in [2.75, 3.05) is 0 Å². The lowest BCUT2D eigenvalue weighted by atomic mass is 9.99. The average Bonchev–Trinajstić information content (AvgIpc) is 2.89. The molecule has 0 spiro atoms. The highest BCUT2D eigenvalue weighted by atomic mass is 15.1. The third-order valence-electron chi connectivity index (χ3n) is 3.22. The summed E-state index contributed by atoms with van der Waals surface area (Å²) >= 11 is 0. The van der Waals surface area contributed by atoms with Crippen molar-refractivity contribution < 1.29 is 0 Å². The van der Waals surface area contributed by atoms with Crippen LogP contribution in [0.15, 0.2) is 12.4 Å². The molecule has 14 heavy (non-hydrogen) atoms. The number of rotatable bonds is 4. The summed E-state index contributed by atoms with van der Waals surface area (Å²) < 4.78 is 2.07. The first-order chi connectivity index (χ1) is 6.59. The van der Waals surface area contributed by atoms with Gasteiger partial charge in [0, 0.05) is 25.0 Å². The van der Waals surface area contributed by atoms with E-state index < -0.39 is 0 Å². The first-order valence-corrected chi connectivity index (χ1v) is 5.31. The molecule has 1 saturated carbocycles. The number of aromatic nitrogens is 2. The maximum Gasteiger partial charge on any atom is 0.122 e. The van der Waals surface area contributed by atoms with Gasteiger partial charge in [-0.1, -0.05) is 0 Å². The fourth-order valence-corrected chi connectivity index (χ4v) is 1.82. The molecular weight excluding hydrogens is 174 g/mol. The molecule has 2 rings (SSSR count). The van der Waals surface area contributed by atoms with Crippen LogP contribution in [0.4, 0.5) is 0 Å². The number of nitrogens with one attached hydrogen (secondary N) is 1. The van der Waals surface area contributed by atoms with Gasteiger partial charge in [0.05, 0.1) is 6.54 Å². The van der Waals surface area contributed by atoms with Gasteiger partial charge in [-0.2, -0.15) is 0 Å². The van der Waals surface area contributed by atoms with E-state index in [9.17, 15) is 0 Å². The highest BCUT2D eigenvalue weighted by Crippen LogP contribution is 2.39. The maximum absolute atomic E-state index is 4.30. The second-order valence-corrected chi connectivity index (χ2v) is 4.80. The van der Waals surface area contributed by atoms with Crippen LogP contribution >= 0.6 is 0 Å². The van der Waals surface area contributed by atoms with Crippen LogP contribution in [0.3, 0.4) is 0 Å². The molecule has 3 nitrogen and oxygen atoms in total. The lowest BCUT2D eigenvalue weighted by molar-refractivity contribution is 0.334. The number of nitrogens with zero attached hydrogens (tertiary/aromatic N) is 2. The molecule has 1 aromatic heterocycles. The van der Waals surface area contributed by atoms with Gasteiger partial charge in [-0.3, -0.25) is 0 Å². The summed E-state index contributed by atoms with van der Waals surface area (Å²) in [4.78, 5) is 4.30. The Morgan fingerprint density at radius 2 is 2.29 bits per heavy atom. The molecule has 1 N–H and O–H groups in total. The Balaban J connectivity index is 1.90. The second kappa shape index (κ2) is 3.39. The van der Waals surface area contributed by atoms with Crippen molar-refractivity contribution in [3.8, 4) is 0 Å². The quantitative estimate of drug-likeness (QED) is 0.788. The van der Waals surface area contributed by atoms with E-state index >= 15 is 0 Å². The van der Waals surface area contributed by atoms with E-state index in [1.54, 1.807) is 0 Å². The summed E-state index contributed by atoms with van der Waals surface area (Å²) in [5.41, 5.74) is 0.270. The lowest BCUT2D eigenvalue weighted by Gasteiger charge is -2.26. The van der Waals surface area contributed by atoms with Crippen LogP contribution in [-0.2, 0) is 13.6 Å². The summed E-state index contributed by atoms with van der Waals surface area (Å²) in [7, 11) is 2.04. The zero-order chi connectivity index (χ0) is 10.2. The smallest absolute Gasteiger partial charge is 0.122 e. The van der Waals surface area contributed by atoms with Crippen molar-refractivity contribution in [3.63, 3.8) is 0 Å². The number of aryl methyl sites for hydroxylation is 1. The Labute approximate surface area is 85.5 Å². The molecular formula is C11H19N3. The molecule has 78 valence electrons. The van der Waals surface area contributed by atoms with Gasteiger partial charge >= 0.3 is 0 Å². The fraction of sp³-hybridized carbons (Fsp3) is 0.727. The SMILES string of the molecule is Cn1ccnc1CNC(C)(C)C1CC1. The fourth-order valence-electron chi connectivity index (χ4n) is 1.82. The van der Waals surface area contributed by atoms with Crippen LogP contribution in [0.2, 0.25) is 0 Å². The number of imidazole rings is 1. The molecule has 0 aromatic carbocycles. The van der Waals surface area contributed by atoms with Crippen LogP contribution in [0.25, 0.3) is 0 Å². The molecule has 0 aliphatic heterocycles. The van der Waals surface area contributed by atoms with Crippen LogP contribution in [0, 0.1) is 5.92 Å². The van der Waals surface area contributed by atoms with Crippen LogP contribution in [0.5, 0.6) is 0 Å². The van der Waals surface area contributed by atoms with Crippen molar-refractivity contribution in [1.29, 1.82) is 0 Å². The minimum absolute atomic E-state index is 0.270. The molecule has 1 aliphatic rings. The standard InChI is InChI=1S/C11H19N3/c1-11(2,9-4-5-9)13-8-10-12-6-7-14(10)3/h6-7,9,13H,4-5,8H2,1-3H3. The van der Waals surface area contributed by atoms with Gasteiger partial charge < -0.3 is 9.88 Å². The molecule has 3 heteroatoms. The number of hydrogen-bond acceptors (Lipinski definition) is 2. The first kappa shape index (κ1) is 9.71. The molecule has 0 atom stereocenters. The van der Waals surface area contributed by atoms with Crippen molar-refractivity contribution in [3.05, 3.63) is 18.2 Å². The Morgan fingerprint density at radius 1 is 1.57 bits per heavy atom. The summed E-state index contributed by atoms with van der Waals surface area (Å²) in [6, 6.07) is 0. The Bertz CT molecular complexity index is 310. The zero-order valence-electron chi connectivity index (χ0n) is 9.25. The van der Waals surface area contributed by atoms with Gasteiger partial charge in [-0.25, -0.2) is 4.98 Å². The predicted molar refractivity (Wildman–Crippen MR) is 56.9 cm³/mol. The van der Waals surface area contributed by atoms with Gasteiger partial charge in [-0.15, -0.1) is 0 Å². The minimum atomic E-state index is 0.270. The van der Waals surface area contributed by atoms with Gasteiger partial charge in [0.2, 0.25) is 0 Å². The zero-order valence-corrected chi connectivity index (χ0v) is 9.25. The highest BCUT2D eigenvalue weighted by Gasteiger charge is 2.37. The van der Waals surface area contributed by atoms with Crippen molar-refractivity contribution >= 4 is 0 Å². The predicted octanol–water partition coefficient (Wildman–Crippen LogP) is 1.70. The van der Waals surface area contributed by atoms with E-state index in [1.807, 2.05) is 19.4 Å². The van der Waals surface area contributed by atoms with Crippen LogP contribution < -0.4 is 5.32 Å². The van der Waals surface area contributed by atoms with Gasteiger partial charge in [0.1, 0.15) is 5.82 Å². The summed E-state index contributed by atoms with van der Waals surface area (Å²) in [6.07, 6.45) is 6.59. The van der Waals surface area contributed by atoms with E-state index in [0.29, 0.717) is 0 Å². The number of hydrogen-bond donors (Lipinski definition) is 1. The normalized spacial score (nSPS) is 17.4. The van der Waals surface area contributed by atoms with E-state index in [1.165, 1.54) is 12.8 Å². The molecule has 1 aliphatic carbocycles. The summed E-state index contributed by atoms with van der Waals surface area (Å²) in [5.74, 6) is 1.97. The van der Waals surface area contributed by atoms with Gasteiger partial charge in [0.15, 0.2) is 0 Å². The van der Waals surface area contributed by atoms with Crippen molar-refractivity contribution in [1.82, 2.24) is 14.9 Å². The maximum atomic E-state index is 4.30. The molecule has 1 aromatic rings. The highest BCUT2D eigenvalue weighted by molar-refractivity contribution is 4.97. The summed E-state index contributed by atoms with van der Waals surface area (Å²) in [6.45, 7) is 5.44. The Hall–Kier alpha value is -0.830. The monoisotopic (exact) mass is 193 g/mol. The summed E-state index contributed by atoms with van der Waals surface area (Å²) in [5, 5.41) is 3.58. The van der Waals surface area contributed by atoms with Crippen LogP contribution in [0.1, 0.15) is 32.5 Å². The Kier molecular flexibility index (Phi) is 2.35. The topological polar surface area (TPSA) is 29.9 Å². The van der Waals surface area contributed by atoms with E-state index in [-0.39, 0.29) is 5.54 Å². The third-order valence-corrected chi connectivity index (χ3v) is 3.22. The van der Waals surface area contributed by atoms with E-state index in [4.69, 9.17) is 0 Å². The molecule has 0 amide bonds. The molecule has 0 bridgehead atoms. The van der Waals surface area contributed by atoms with Crippen molar-refractivity contribution in [2.24, 2.45) is 13.0 Å². The van der Waals surface area contributed by atoms with E-state index in [0.717, 1.165) is 18.3 Å². The minimum Gasteiger partial charge on any atom is -0.337 e. The molecule has 1 heterocycles. The second-order valence-electron chi connectivity index (χ2n) is 4.80. The van der Waals surface area contributed by atoms with Gasteiger partial charge in [0.25, 0.3) is 0 Å². The lowest BCUT2D eigenvalue weighted by Crippen LogP contribution is -2.41. The Morgan fingerprint density at radius 3 is 2.79 bits per heavy atom. The largest absolute Gasteiger partial charge is 0.337 e. The molecule has 0 saturated heterocycles. The van der Waals surface area contributed by atoms with Gasteiger partial charge in [-0.05, 0) is 32.6 Å². The molecule has 0 radical (unpaired) electrons. The third kappa shape index (κ3) is 1.98. The molecule has 0 unspecified atom stereocenters. The molecule has 1 fully saturated rings. The average molecular weight is 193 g/mol. The van der Waals surface area contributed by atoms with E-state index in [2.05, 4.69) is 28.7 Å². The first-order valence-electron chi connectivity index (χ1n) is 5.31.